The maximum absolute atomic E-state index is 11.4. The van der Waals surface area contributed by atoms with Crippen LogP contribution in [-0.2, 0) is 16.0 Å². The molecule has 0 radical (unpaired) electrons. The first-order valence-electron chi connectivity index (χ1n) is 6.60. The van der Waals surface area contributed by atoms with E-state index in [0.717, 1.165) is 31.4 Å². The predicted octanol–water partition coefficient (Wildman–Crippen LogP) is 3.99. The van der Waals surface area contributed by atoms with E-state index in [9.17, 15) is 4.79 Å². The van der Waals surface area contributed by atoms with E-state index in [1.165, 1.54) is 5.56 Å². The number of esters is 1. The average molecular weight is 248 g/mol. The molecule has 3 heteroatoms. The van der Waals surface area contributed by atoms with E-state index in [1.54, 1.807) is 7.05 Å². The van der Waals surface area contributed by atoms with Gasteiger partial charge in [-0.1, -0.05) is 37.6 Å². The molecule has 0 heterocycles. The summed E-state index contributed by atoms with van der Waals surface area (Å²) in [7, 11) is 1.78. The number of rotatable bonds is 8. The van der Waals surface area contributed by atoms with Crippen molar-refractivity contribution in [1.82, 2.24) is 0 Å². The number of carbonyl (C=O) groups is 1. The molecule has 0 aliphatic rings. The second-order valence-electron chi connectivity index (χ2n) is 4.32. The molecule has 1 aromatic carbocycles. The van der Waals surface area contributed by atoms with Gasteiger partial charge in [-0.25, -0.2) is 0 Å². The van der Waals surface area contributed by atoms with E-state index in [0.29, 0.717) is 13.0 Å². The SMILES string of the molecule is CCCCOC(=O)CCCc1ccc([N-]C)cc1. The molecular formula is C15H22NO2-. The molecule has 0 N–H and O–H groups in total. The van der Waals surface area contributed by atoms with Crippen LogP contribution >= 0.6 is 0 Å². The van der Waals surface area contributed by atoms with Gasteiger partial charge in [0.15, 0.2) is 0 Å². The van der Waals surface area contributed by atoms with Crippen LogP contribution in [0.3, 0.4) is 0 Å². The molecule has 0 saturated heterocycles. The number of hydrogen-bond donors (Lipinski definition) is 0. The van der Waals surface area contributed by atoms with Crippen molar-refractivity contribution in [3.63, 3.8) is 0 Å². The highest BCUT2D eigenvalue weighted by atomic mass is 16.5. The number of aryl methyl sites for hydroxylation is 1. The van der Waals surface area contributed by atoms with Crippen molar-refractivity contribution in [2.45, 2.75) is 39.0 Å². The van der Waals surface area contributed by atoms with Crippen LogP contribution in [0.25, 0.3) is 5.32 Å². The molecule has 100 valence electrons. The van der Waals surface area contributed by atoms with Gasteiger partial charge in [0.2, 0.25) is 0 Å². The Morgan fingerprint density at radius 3 is 2.56 bits per heavy atom. The minimum atomic E-state index is -0.0800. The number of benzene rings is 1. The lowest BCUT2D eigenvalue weighted by molar-refractivity contribution is -0.143. The van der Waals surface area contributed by atoms with Gasteiger partial charge in [-0.2, -0.15) is 0 Å². The van der Waals surface area contributed by atoms with Crippen molar-refractivity contribution in [3.05, 3.63) is 35.1 Å². The number of carbonyl (C=O) groups excluding carboxylic acids is 1. The number of hydrogen-bond acceptors (Lipinski definition) is 2. The Morgan fingerprint density at radius 2 is 1.94 bits per heavy atom. The molecule has 1 rings (SSSR count). The standard InChI is InChI=1S/C15H22NO2/c1-3-4-12-18-15(17)7-5-6-13-8-10-14(16-2)11-9-13/h8-11H,3-7,12H2,1-2H3/q-1. The zero-order valence-corrected chi connectivity index (χ0v) is 11.3. The quantitative estimate of drug-likeness (QED) is 0.515. The fourth-order valence-electron chi connectivity index (χ4n) is 1.65. The minimum Gasteiger partial charge on any atom is -0.687 e. The Labute approximate surface area is 110 Å². The summed E-state index contributed by atoms with van der Waals surface area (Å²) in [5, 5.41) is 4.09. The summed E-state index contributed by atoms with van der Waals surface area (Å²) in [5.41, 5.74) is 2.22. The topological polar surface area (TPSA) is 40.4 Å². The first kappa shape index (κ1) is 14.6. The van der Waals surface area contributed by atoms with Crippen LogP contribution in [-0.4, -0.2) is 19.6 Å². The maximum atomic E-state index is 11.4. The molecule has 3 nitrogen and oxygen atoms in total. The first-order chi connectivity index (χ1) is 8.76. The van der Waals surface area contributed by atoms with Crippen molar-refractivity contribution in [2.24, 2.45) is 0 Å². The first-order valence-corrected chi connectivity index (χ1v) is 6.60. The molecule has 1 aromatic rings. The van der Waals surface area contributed by atoms with Crippen molar-refractivity contribution in [3.8, 4) is 0 Å². The number of unbranched alkanes of at least 4 members (excludes halogenated alkanes) is 1. The van der Waals surface area contributed by atoms with Crippen LogP contribution in [0.2, 0.25) is 0 Å². The van der Waals surface area contributed by atoms with E-state index < -0.39 is 0 Å². The largest absolute Gasteiger partial charge is 0.687 e. The highest BCUT2D eigenvalue weighted by molar-refractivity contribution is 5.69. The Kier molecular flexibility index (Phi) is 6.92. The molecule has 0 saturated carbocycles. The van der Waals surface area contributed by atoms with Gasteiger partial charge in [-0.15, -0.1) is 12.7 Å². The van der Waals surface area contributed by atoms with Gasteiger partial charge in [-0.05, 0) is 24.8 Å². The number of ether oxygens (including phenoxy) is 1. The normalized spacial score (nSPS) is 10.1. The number of nitrogens with zero attached hydrogens (tertiary/aromatic N) is 1. The summed E-state index contributed by atoms with van der Waals surface area (Å²) in [6.07, 6.45) is 4.26. The molecule has 0 amide bonds. The lowest BCUT2D eigenvalue weighted by Gasteiger charge is -2.13. The summed E-state index contributed by atoms with van der Waals surface area (Å²) in [5.74, 6) is -0.0800. The Morgan fingerprint density at radius 1 is 1.22 bits per heavy atom. The van der Waals surface area contributed by atoms with Crippen LogP contribution < -0.4 is 0 Å². The molecule has 0 aromatic heterocycles. The van der Waals surface area contributed by atoms with E-state index in [2.05, 4.69) is 24.4 Å². The highest BCUT2D eigenvalue weighted by Crippen LogP contribution is 2.17. The Bertz CT molecular complexity index is 346. The van der Waals surface area contributed by atoms with Crippen LogP contribution in [0.1, 0.15) is 38.2 Å². The molecule has 0 aliphatic heterocycles. The van der Waals surface area contributed by atoms with E-state index in [-0.39, 0.29) is 5.97 Å². The van der Waals surface area contributed by atoms with Crippen LogP contribution in [0.15, 0.2) is 24.3 Å². The second kappa shape index (κ2) is 8.56. The monoisotopic (exact) mass is 248 g/mol. The summed E-state index contributed by atoms with van der Waals surface area (Å²) in [4.78, 5) is 11.4. The van der Waals surface area contributed by atoms with Crippen molar-refractivity contribution < 1.29 is 9.53 Å². The smallest absolute Gasteiger partial charge is 0.305 e. The summed E-state index contributed by atoms with van der Waals surface area (Å²) in [6.45, 7) is 2.64. The lowest BCUT2D eigenvalue weighted by atomic mass is 10.1. The fourth-order valence-corrected chi connectivity index (χ4v) is 1.65. The van der Waals surface area contributed by atoms with Gasteiger partial charge in [0.1, 0.15) is 0 Å². The third-order valence-corrected chi connectivity index (χ3v) is 2.80. The lowest BCUT2D eigenvalue weighted by Crippen LogP contribution is -2.05. The zero-order valence-electron chi connectivity index (χ0n) is 11.3. The Balaban J connectivity index is 2.18. The zero-order chi connectivity index (χ0) is 13.2. The predicted molar refractivity (Wildman–Crippen MR) is 74.2 cm³/mol. The molecule has 0 atom stereocenters. The summed E-state index contributed by atoms with van der Waals surface area (Å²) >= 11 is 0. The van der Waals surface area contributed by atoms with Crippen LogP contribution in [0.4, 0.5) is 5.69 Å². The molecule has 18 heavy (non-hydrogen) atoms. The van der Waals surface area contributed by atoms with Gasteiger partial charge in [0.25, 0.3) is 0 Å². The van der Waals surface area contributed by atoms with Crippen LogP contribution in [0, 0.1) is 0 Å². The van der Waals surface area contributed by atoms with E-state index in [1.807, 2.05) is 12.1 Å². The van der Waals surface area contributed by atoms with E-state index in [4.69, 9.17) is 4.74 Å². The molecule has 0 unspecified atom stereocenters. The van der Waals surface area contributed by atoms with Gasteiger partial charge in [0.05, 0.1) is 6.61 Å². The van der Waals surface area contributed by atoms with Gasteiger partial charge < -0.3 is 10.1 Å². The van der Waals surface area contributed by atoms with E-state index >= 15 is 0 Å². The van der Waals surface area contributed by atoms with Gasteiger partial charge >= 0.3 is 5.97 Å². The summed E-state index contributed by atoms with van der Waals surface area (Å²) in [6, 6.07) is 8.11. The highest BCUT2D eigenvalue weighted by Gasteiger charge is 2.02. The molecule has 0 bridgehead atoms. The molecule has 0 aliphatic carbocycles. The van der Waals surface area contributed by atoms with Crippen LogP contribution in [0.5, 0.6) is 0 Å². The Hall–Kier alpha value is -1.51. The minimum absolute atomic E-state index is 0.0800. The fraction of sp³-hybridized carbons (Fsp3) is 0.533. The second-order valence-corrected chi connectivity index (χ2v) is 4.32. The van der Waals surface area contributed by atoms with Crippen molar-refractivity contribution >= 4 is 11.7 Å². The van der Waals surface area contributed by atoms with Crippen molar-refractivity contribution in [2.75, 3.05) is 13.7 Å². The molecular weight excluding hydrogens is 226 g/mol. The molecule has 0 spiro atoms. The van der Waals surface area contributed by atoms with Gasteiger partial charge in [-0.3, -0.25) is 4.79 Å². The average Bonchev–Trinajstić information content (AvgIpc) is 2.40. The molecule has 0 fully saturated rings. The third-order valence-electron chi connectivity index (χ3n) is 2.80. The maximum Gasteiger partial charge on any atom is 0.305 e. The van der Waals surface area contributed by atoms with Gasteiger partial charge in [0, 0.05) is 6.42 Å². The summed E-state index contributed by atoms with van der Waals surface area (Å²) < 4.78 is 5.10. The third kappa shape index (κ3) is 5.71. The van der Waals surface area contributed by atoms with Crippen molar-refractivity contribution in [1.29, 1.82) is 0 Å².